The number of aryl methyl sites for hydroxylation is 1. The number of hydrogen-bond donors (Lipinski definition) is 1. The molecule has 1 aliphatic carbocycles. The molecule has 1 unspecified atom stereocenters. The quantitative estimate of drug-likeness (QED) is 0.463. The number of urea groups is 1. The molecular weight excluding hydrogens is 406 g/mol. The van der Waals surface area contributed by atoms with Crippen LogP contribution in [0.2, 0.25) is 0 Å². The maximum atomic E-state index is 14.2. The lowest BCUT2D eigenvalue weighted by atomic mass is 9.86. The second-order valence-electron chi connectivity index (χ2n) is 8.19. The van der Waals surface area contributed by atoms with Crippen molar-refractivity contribution < 1.29 is 13.6 Å². The smallest absolute Gasteiger partial charge is 0.313 e. The molecule has 0 aliphatic heterocycles. The number of nitrogens with zero attached hydrogens (tertiary/aromatic N) is 1. The first-order valence-corrected chi connectivity index (χ1v) is 10.8. The average Bonchev–Trinajstić information content (AvgIpc) is 2.79. The Hall–Kier alpha value is -3.47. The highest BCUT2D eigenvalue weighted by atomic mass is 19.1. The normalized spacial score (nSPS) is 15.7. The number of amides is 2. The standard InChI is InChI=1S/C27H26F2N2O/c1-19(16-20-8-3-2-4-9-20)18-31(26-13-7-11-21-10-5-6-12-23(21)26)27(32)30-25-15-14-22(28)17-24(25)29/h2-6,8-10,12,14-17,26H,7,11,13,18H2,1H3,(H,30,32). The summed E-state index contributed by atoms with van der Waals surface area (Å²) in [6.07, 6.45) is 4.83. The Balaban J connectivity index is 1.65. The predicted molar refractivity (Wildman–Crippen MR) is 124 cm³/mol. The lowest BCUT2D eigenvalue weighted by Gasteiger charge is -2.36. The van der Waals surface area contributed by atoms with Crippen molar-refractivity contribution in [3.8, 4) is 0 Å². The monoisotopic (exact) mass is 432 g/mol. The van der Waals surface area contributed by atoms with E-state index >= 15 is 0 Å². The predicted octanol–water partition coefficient (Wildman–Crippen LogP) is 6.98. The molecule has 2 amide bonds. The van der Waals surface area contributed by atoms with E-state index in [1.807, 2.05) is 55.5 Å². The van der Waals surface area contributed by atoms with Crippen molar-refractivity contribution in [1.29, 1.82) is 0 Å². The third kappa shape index (κ3) is 5.05. The molecule has 3 nitrogen and oxygen atoms in total. The summed E-state index contributed by atoms with van der Waals surface area (Å²) in [7, 11) is 0. The number of carbonyl (C=O) groups is 1. The van der Waals surface area contributed by atoms with Gasteiger partial charge in [-0.2, -0.15) is 0 Å². The minimum Gasteiger partial charge on any atom is -0.313 e. The van der Waals surface area contributed by atoms with Gasteiger partial charge in [0, 0.05) is 12.6 Å². The lowest BCUT2D eigenvalue weighted by Crippen LogP contribution is -2.40. The molecule has 3 aromatic rings. The Labute approximate surface area is 187 Å². The second kappa shape index (κ2) is 9.77. The molecule has 1 aliphatic rings. The molecule has 164 valence electrons. The number of carbonyl (C=O) groups excluding carboxylic acids is 1. The summed E-state index contributed by atoms with van der Waals surface area (Å²) in [5, 5.41) is 2.65. The molecule has 1 atom stereocenters. The minimum absolute atomic E-state index is 0.0322. The van der Waals surface area contributed by atoms with Crippen LogP contribution >= 0.6 is 0 Å². The molecule has 4 rings (SSSR count). The Kier molecular flexibility index (Phi) is 6.64. The Morgan fingerprint density at radius 1 is 1.06 bits per heavy atom. The van der Waals surface area contributed by atoms with Crippen LogP contribution in [0.15, 0.2) is 78.4 Å². The summed E-state index contributed by atoms with van der Waals surface area (Å²) in [6.45, 7) is 2.38. The van der Waals surface area contributed by atoms with Gasteiger partial charge in [-0.1, -0.05) is 66.2 Å². The van der Waals surface area contributed by atoms with Crippen molar-refractivity contribution in [1.82, 2.24) is 4.90 Å². The van der Waals surface area contributed by atoms with E-state index in [0.29, 0.717) is 6.54 Å². The van der Waals surface area contributed by atoms with Gasteiger partial charge in [0.1, 0.15) is 11.6 Å². The summed E-state index contributed by atoms with van der Waals surface area (Å²) in [4.78, 5) is 15.1. The first-order chi connectivity index (χ1) is 15.5. The Morgan fingerprint density at radius 3 is 2.59 bits per heavy atom. The maximum absolute atomic E-state index is 14.2. The van der Waals surface area contributed by atoms with Crippen LogP contribution in [0.4, 0.5) is 19.3 Å². The van der Waals surface area contributed by atoms with Gasteiger partial charge in [-0.15, -0.1) is 0 Å². The van der Waals surface area contributed by atoms with Gasteiger partial charge in [-0.25, -0.2) is 13.6 Å². The number of nitrogens with one attached hydrogen (secondary N) is 1. The molecule has 5 heteroatoms. The molecule has 0 saturated carbocycles. The van der Waals surface area contributed by atoms with E-state index in [1.165, 1.54) is 11.6 Å². The minimum atomic E-state index is -0.793. The van der Waals surface area contributed by atoms with Gasteiger partial charge < -0.3 is 10.2 Å². The lowest BCUT2D eigenvalue weighted by molar-refractivity contribution is 0.186. The van der Waals surface area contributed by atoms with Crippen LogP contribution in [0.25, 0.3) is 6.08 Å². The average molecular weight is 433 g/mol. The summed E-state index contributed by atoms with van der Waals surface area (Å²) in [6, 6.07) is 20.7. The number of halogens is 2. The summed E-state index contributed by atoms with van der Waals surface area (Å²) >= 11 is 0. The van der Waals surface area contributed by atoms with Crippen LogP contribution in [-0.4, -0.2) is 17.5 Å². The first kappa shape index (κ1) is 21.8. The molecule has 0 heterocycles. The highest BCUT2D eigenvalue weighted by Crippen LogP contribution is 2.35. The van der Waals surface area contributed by atoms with Crippen LogP contribution in [0, 0.1) is 11.6 Å². The number of anilines is 1. The molecule has 0 aromatic heterocycles. The van der Waals surface area contributed by atoms with Crippen molar-refractivity contribution in [2.75, 3.05) is 11.9 Å². The van der Waals surface area contributed by atoms with Crippen molar-refractivity contribution in [3.63, 3.8) is 0 Å². The van der Waals surface area contributed by atoms with E-state index in [4.69, 9.17) is 0 Å². The highest BCUT2D eigenvalue weighted by Gasteiger charge is 2.29. The van der Waals surface area contributed by atoms with Crippen molar-refractivity contribution in [2.24, 2.45) is 0 Å². The summed E-state index contributed by atoms with van der Waals surface area (Å²) < 4.78 is 27.5. The molecular formula is C27H26F2N2O. The van der Waals surface area contributed by atoms with Gasteiger partial charge in [-0.3, -0.25) is 0 Å². The molecule has 0 bridgehead atoms. The molecule has 0 spiro atoms. The van der Waals surface area contributed by atoms with Gasteiger partial charge in [0.05, 0.1) is 11.7 Å². The van der Waals surface area contributed by atoms with Gasteiger partial charge in [-0.05, 0) is 55.0 Å². The van der Waals surface area contributed by atoms with Crippen molar-refractivity contribution >= 4 is 17.8 Å². The zero-order valence-electron chi connectivity index (χ0n) is 18.0. The van der Waals surface area contributed by atoms with Crippen LogP contribution in [0.1, 0.15) is 42.5 Å². The fourth-order valence-corrected chi connectivity index (χ4v) is 4.30. The van der Waals surface area contributed by atoms with E-state index in [1.54, 1.807) is 4.90 Å². The van der Waals surface area contributed by atoms with Gasteiger partial charge in [0.2, 0.25) is 0 Å². The van der Waals surface area contributed by atoms with Crippen LogP contribution in [0.3, 0.4) is 0 Å². The van der Waals surface area contributed by atoms with E-state index in [9.17, 15) is 13.6 Å². The Morgan fingerprint density at radius 2 is 1.81 bits per heavy atom. The third-order valence-electron chi connectivity index (χ3n) is 5.78. The van der Waals surface area contributed by atoms with E-state index < -0.39 is 17.7 Å². The van der Waals surface area contributed by atoms with E-state index in [2.05, 4.69) is 17.4 Å². The van der Waals surface area contributed by atoms with Crippen molar-refractivity contribution in [3.05, 3.63) is 107 Å². The zero-order valence-corrected chi connectivity index (χ0v) is 18.0. The molecule has 0 saturated heterocycles. The fourth-order valence-electron chi connectivity index (χ4n) is 4.30. The number of fused-ring (bicyclic) bond motifs is 1. The second-order valence-corrected chi connectivity index (χ2v) is 8.19. The van der Waals surface area contributed by atoms with Gasteiger partial charge in [0.15, 0.2) is 0 Å². The highest BCUT2D eigenvalue weighted by molar-refractivity contribution is 5.90. The summed E-state index contributed by atoms with van der Waals surface area (Å²) in [5.74, 6) is -1.47. The van der Waals surface area contributed by atoms with Gasteiger partial charge in [0.25, 0.3) is 0 Å². The molecule has 1 N–H and O–H groups in total. The van der Waals surface area contributed by atoms with Crippen LogP contribution < -0.4 is 5.32 Å². The molecule has 0 fully saturated rings. The van der Waals surface area contributed by atoms with E-state index in [0.717, 1.165) is 48.1 Å². The number of hydrogen-bond acceptors (Lipinski definition) is 1. The fraction of sp³-hybridized carbons (Fsp3) is 0.222. The topological polar surface area (TPSA) is 32.3 Å². The first-order valence-electron chi connectivity index (χ1n) is 10.8. The molecule has 32 heavy (non-hydrogen) atoms. The number of rotatable bonds is 5. The van der Waals surface area contributed by atoms with Gasteiger partial charge >= 0.3 is 6.03 Å². The molecule has 3 aromatic carbocycles. The van der Waals surface area contributed by atoms with E-state index in [-0.39, 0.29) is 11.7 Å². The largest absolute Gasteiger partial charge is 0.322 e. The SMILES string of the molecule is CC(=Cc1ccccc1)CN(C(=O)Nc1ccc(F)cc1F)C1CCCc2ccccc21. The number of benzene rings is 3. The summed E-state index contributed by atoms with van der Waals surface area (Å²) in [5.41, 5.74) is 4.39. The maximum Gasteiger partial charge on any atom is 0.322 e. The van der Waals surface area contributed by atoms with Crippen LogP contribution in [0.5, 0.6) is 0 Å². The van der Waals surface area contributed by atoms with Crippen LogP contribution in [-0.2, 0) is 6.42 Å². The molecule has 0 radical (unpaired) electrons. The zero-order chi connectivity index (χ0) is 22.5. The Bertz CT molecular complexity index is 1130. The third-order valence-corrected chi connectivity index (χ3v) is 5.78. The van der Waals surface area contributed by atoms with Crippen molar-refractivity contribution in [2.45, 2.75) is 32.2 Å².